The number of rotatable bonds is 1. The highest BCUT2D eigenvalue weighted by molar-refractivity contribution is 5.79. The molecule has 0 aromatic carbocycles. The van der Waals surface area contributed by atoms with Crippen LogP contribution in [0, 0.1) is 34.5 Å². The second-order valence-corrected chi connectivity index (χ2v) is 9.25. The Balaban J connectivity index is 1.62. The van der Waals surface area contributed by atoms with Crippen LogP contribution in [0.15, 0.2) is 0 Å². The zero-order valence-corrected chi connectivity index (χ0v) is 14.6. The molecule has 4 rings (SSSR count). The Kier molecular flexibility index (Phi) is 3.49. The van der Waals surface area contributed by atoms with Crippen molar-refractivity contribution >= 4 is 5.78 Å². The summed E-state index contributed by atoms with van der Waals surface area (Å²) >= 11 is 0. The largest absolute Gasteiger partial charge is 0.381 e. The van der Waals surface area contributed by atoms with E-state index in [9.17, 15) is 4.79 Å². The summed E-state index contributed by atoms with van der Waals surface area (Å²) < 4.78 is 5.86. The molecule has 0 aliphatic heterocycles. The number of carbonyl (C=O) groups is 1. The van der Waals surface area contributed by atoms with Gasteiger partial charge in [0.05, 0.1) is 6.10 Å². The maximum Gasteiger partial charge on any atom is 0.133 e. The molecule has 4 aliphatic rings. The Labute approximate surface area is 135 Å². The first-order chi connectivity index (χ1) is 10.5. The minimum Gasteiger partial charge on any atom is -0.381 e. The Hall–Kier alpha value is -0.370. The van der Waals surface area contributed by atoms with Gasteiger partial charge in [-0.15, -0.1) is 0 Å². The van der Waals surface area contributed by atoms with Crippen LogP contribution >= 0.6 is 0 Å². The van der Waals surface area contributed by atoms with Gasteiger partial charge in [0.1, 0.15) is 5.78 Å². The maximum absolute atomic E-state index is 11.9. The topological polar surface area (TPSA) is 26.3 Å². The average Bonchev–Trinajstić information content (AvgIpc) is 2.84. The zero-order chi connectivity index (χ0) is 15.5. The first-order valence-electron chi connectivity index (χ1n) is 9.53. The number of methoxy groups -OCH3 is 1. The Morgan fingerprint density at radius 3 is 2.50 bits per heavy atom. The molecule has 0 radical (unpaired) electrons. The van der Waals surface area contributed by atoms with E-state index in [0.717, 1.165) is 37.0 Å². The molecule has 0 unspecified atom stereocenters. The summed E-state index contributed by atoms with van der Waals surface area (Å²) in [5, 5.41) is 0. The summed E-state index contributed by atoms with van der Waals surface area (Å²) in [6.07, 6.45) is 11.4. The Morgan fingerprint density at radius 1 is 0.955 bits per heavy atom. The first kappa shape index (κ1) is 15.2. The summed E-state index contributed by atoms with van der Waals surface area (Å²) in [4.78, 5) is 11.9. The van der Waals surface area contributed by atoms with Gasteiger partial charge in [-0.05, 0) is 79.4 Å². The van der Waals surface area contributed by atoms with E-state index < -0.39 is 0 Å². The van der Waals surface area contributed by atoms with Crippen molar-refractivity contribution in [2.75, 3.05) is 7.11 Å². The fourth-order valence-electron chi connectivity index (χ4n) is 7.38. The van der Waals surface area contributed by atoms with Crippen LogP contribution in [0.2, 0.25) is 0 Å². The third kappa shape index (κ3) is 1.92. The van der Waals surface area contributed by atoms with Gasteiger partial charge in [0, 0.05) is 20.0 Å². The van der Waals surface area contributed by atoms with Crippen molar-refractivity contribution in [2.45, 2.75) is 77.7 Å². The molecule has 0 saturated heterocycles. The maximum atomic E-state index is 11.9. The lowest BCUT2D eigenvalue weighted by molar-refractivity contribution is -0.143. The number of Topliss-reactive ketones (excluding diaryl/α,β-unsaturated/α-hetero) is 1. The lowest BCUT2D eigenvalue weighted by atomic mass is 9.45. The average molecular weight is 304 g/mol. The van der Waals surface area contributed by atoms with Crippen LogP contribution in [0.1, 0.15) is 71.6 Å². The van der Waals surface area contributed by atoms with Crippen LogP contribution in [-0.4, -0.2) is 19.0 Å². The van der Waals surface area contributed by atoms with E-state index in [2.05, 4.69) is 13.8 Å². The van der Waals surface area contributed by atoms with Crippen molar-refractivity contribution < 1.29 is 9.53 Å². The lowest BCUT2D eigenvalue weighted by Crippen LogP contribution is -2.54. The molecular formula is C20H32O2. The second kappa shape index (κ2) is 5.06. The molecule has 2 nitrogen and oxygen atoms in total. The fourth-order valence-corrected chi connectivity index (χ4v) is 7.38. The van der Waals surface area contributed by atoms with Crippen LogP contribution in [0.5, 0.6) is 0 Å². The number of hydrogen-bond acceptors (Lipinski definition) is 2. The number of ketones is 1. The number of carbonyl (C=O) groups excluding carboxylic acids is 1. The first-order valence-corrected chi connectivity index (χ1v) is 9.53. The van der Waals surface area contributed by atoms with Gasteiger partial charge in [-0.1, -0.05) is 13.8 Å². The monoisotopic (exact) mass is 304 g/mol. The van der Waals surface area contributed by atoms with Gasteiger partial charge in [-0.2, -0.15) is 0 Å². The minimum atomic E-state index is 0.420. The van der Waals surface area contributed by atoms with E-state index in [0.29, 0.717) is 28.6 Å². The molecular weight excluding hydrogens is 272 g/mol. The zero-order valence-electron chi connectivity index (χ0n) is 14.6. The van der Waals surface area contributed by atoms with Gasteiger partial charge in [-0.3, -0.25) is 4.79 Å². The Bertz CT molecular complexity index is 472. The van der Waals surface area contributed by atoms with Crippen molar-refractivity contribution in [3.8, 4) is 0 Å². The van der Waals surface area contributed by atoms with Crippen LogP contribution in [0.25, 0.3) is 0 Å². The van der Waals surface area contributed by atoms with Gasteiger partial charge in [0.2, 0.25) is 0 Å². The van der Waals surface area contributed by atoms with E-state index in [4.69, 9.17) is 4.74 Å². The molecule has 0 aromatic rings. The van der Waals surface area contributed by atoms with E-state index in [1.807, 2.05) is 7.11 Å². The molecule has 4 fully saturated rings. The summed E-state index contributed by atoms with van der Waals surface area (Å²) in [6, 6.07) is 0. The van der Waals surface area contributed by atoms with Crippen molar-refractivity contribution in [3.05, 3.63) is 0 Å². The van der Waals surface area contributed by atoms with E-state index in [1.165, 1.54) is 38.5 Å². The molecule has 124 valence electrons. The second-order valence-electron chi connectivity index (χ2n) is 9.25. The Morgan fingerprint density at radius 2 is 1.73 bits per heavy atom. The molecule has 0 spiro atoms. The summed E-state index contributed by atoms with van der Waals surface area (Å²) in [5.74, 6) is 3.84. The smallest absolute Gasteiger partial charge is 0.133 e. The fraction of sp³-hybridized carbons (Fsp3) is 0.950. The third-order valence-electron chi connectivity index (χ3n) is 8.68. The summed E-state index contributed by atoms with van der Waals surface area (Å²) in [7, 11) is 1.91. The van der Waals surface area contributed by atoms with Crippen LogP contribution < -0.4 is 0 Å². The highest BCUT2D eigenvalue weighted by atomic mass is 16.5. The molecule has 0 N–H and O–H groups in total. The van der Waals surface area contributed by atoms with Crippen LogP contribution in [0.4, 0.5) is 0 Å². The quantitative estimate of drug-likeness (QED) is 0.707. The molecule has 0 aromatic heterocycles. The van der Waals surface area contributed by atoms with Crippen LogP contribution in [-0.2, 0) is 9.53 Å². The van der Waals surface area contributed by atoms with E-state index in [1.54, 1.807) is 0 Å². The van der Waals surface area contributed by atoms with Gasteiger partial charge < -0.3 is 4.74 Å². The predicted octanol–water partition coefficient (Wildman–Crippen LogP) is 4.61. The SMILES string of the molecule is CO[C@@H]1CC[C@@H]2[C@@H]3CC[C@H]4CC(=O)CC[C@]4(C)[C@H]3CC[C@@]21C. The molecule has 7 atom stereocenters. The number of fused-ring (bicyclic) bond motifs is 5. The molecule has 22 heavy (non-hydrogen) atoms. The van der Waals surface area contributed by atoms with E-state index >= 15 is 0 Å². The summed E-state index contributed by atoms with van der Waals surface area (Å²) in [5.41, 5.74) is 0.868. The van der Waals surface area contributed by atoms with Crippen molar-refractivity contribution in [3.63, 3.8) is 0 Å². The van der Waals surface area contributed by atoms with Gasteiger partial charge >= 0.3 is 0 Å². The third-order valence-corrected chi connectivity index (χ3v) is 8.68. The standard InChI is InChI=1S/C20H32O2/c1-19-10-8-14(21)12-13(19)4-5-15-16-6-7-18(22-3)20(16,2)11-9-17(15)19/h13,15-18H,4-12H2,1-3H3/t13-,15-,16+,17-,18+,19-,20-/m0/s1. The molecule has 0 bridgehead atoms. The van der Waals surface area contributed by atoms with Gasteiger partial charge in [0.15, 0.2) is 0 Å². The van der Waals surface area contributed by atoms with Crippen molar-refractivity contribution in [2.24, 2.45) is 34.5 Å². The summed E-state index contributed by atoms with van der Waals surface area (Å²) in [6.45, 7) is 5.04. The lowest BCUT2D eigenvalue weighted by Gasteiger charge is -2.60. The van der Waals surface area contributed by atoms with Gasteiger partial charge in [-0.25, -0.2) is 0 Å². The molecule has 0 amide bonds. The number of ether oxygens (including phenoxy) is 1. The van der Waals surface area contributed by atoms with E-state index in [-0.39, 0.29) is 0 Å². The van der Waals surface area contributed by atoms with Crippen molar-refractivity contribution in [1.29, 1.82) is 0 Å². The molecule has 4 aliphatic carbocycles. The molecule has 4 saturated carbocycles. The highest BCUT2D eigenvalue weighted by Gasteiger charge is 2.60. The molecule has 0 heterocycles. The van der Waals surface area contributed by atoms with Crippen molar-refractivity contribution in [1.82, 2.24) is 0 Å². The van der Waals surface area contributed by atoms with Crippen LogP contribution in [0.3, 0.4) is 0 Å². The predicted molar refractivity (Wildman–Crippen MR) is 87.5 cm³/mol. The van der Waals surface area contributed by atoms with Gasteiger partial charge in [0.25, 0.3) is 0 Å². The minimum absolute atomic E-state index is 0.420. The molecule has 2 heteroatoms. The number of hydrogen-bond donors (Lipinski definition) is 0. The normalized spacial score (nSPS) is 54.5. The highest BCUT2D eigenvalue weighted by Crippen LogP contribution is 2.66.